The van der Waals surface area contributed by atoms with Crippen LogP contribution in [0.3, 0.4) is 0 Å². The van der Waals surface area contributed by atoms with Crippen molar-refractivity contribution in [1.29, 1.82) is 0 Å². The van der Waals surface area contributed by atoms with E-state index in [0.717, 1.165) is 6.54 Å². The number of nitrogens with two attached hydrogens (primary N) is 1. The molecule has 0 bridgehead atoms. The largest absolute Gasteiger partial charge is 0.327 e. The Balaban J connectivity index is 2.24. The zero-order chi connectivity index (χ0) is 5.98. The van der Waals surface area contributed by atoms with Crippen LogP contribution in [0, 0.1) is 0 Å². The second kappa shape index (κ2) is 2.46. The van der Waals surface area contributed by atoms with Gasteiger partial charge in [0.25, 0.3) is 0 Å². The molecule has 0 spiro atoms. The van der Waals surface area contributed by atoms with Crippen LogP contribution in [0.4, 0.5) is 0 Å². The van der Waals surface area contributed by atoms with E-state index in [1.807, 2.05) is 0 Å². The molecule has 2 atom stereocenters. The Morgan fingerprint density at radius 3 is 2.75 bits per heavy atom. The Bertz CT molecular complexity index is 64.9. The maximum atomic E-state index is 5.64. The summed E-state index contributed by atoms with van der Waals surface area (Å²) in [6.45, 7) is 3.22. The fraction of sp³-hybridized carbons (Fsp3) is 1.00. The van der Waals surface area contributed by atoms with Gasteiger partial charge in [-0.25, -0.2) is 0 Å². The van der Waals surface area contributed by atoms with Gasteiger partial charge in [-0.2, -0.15) is 0 Å². The van der Waals surface area contributed by atoms with Crippen molar-refractivity contribution >= 4 is 0 Å². The quantitative estimate of drug-likeness (QED) is 0.507. The van der Waals surface area contributed by atoms with E-state index in [1.54, 1.807) is 0 Å². The Morgan fingerprint density at radius 1 is 1.75 bits per heavy atom. The summed E-state index contributed by atoms with van der Waals surface area (Å²) >= 11 is 0. The highest BCUT2D eigenvalue weighted by Crippen LogP contribution is 2.06. The molecule has 0 amide bonds. The van der Waals surface area contributed by atoms with E-state index in [2.05, 4.69) is 12.2 Å². The highest BCUT2D eigenvalue weighted by Gasteiger charge is 2.16. The third kappa shape index (κ3) is 1.20. The third-order valence-electron chi connectivity index (χ3n) is 1.73. The van der Waals surface area contributed by atoms with Crippen molar-refractivity contribution in [1.82, 2.24) is 5.32 Å². The van der Waals surface area contributed by atoms with Gasteiger partial charge >= 0.3 is 0 Å². The van der Waals surface area contributed by atoms with E-state index in [9.17, 15) is 0 Å². The molecule has 0 saturated carbocycles. The summed E-state index contributed by atoms with van der Waals surface area (Å²) in [4.78, 5) is 0. The highest BCUT2D eigenvalue weighted by atomic mass is 15.0. The first-order chi connectivity index (χ1) is 3.80. The zero-order valence-electron chi connectivity index (χ0n) is 5.35. The van der Waals surface area contributed by atoms with Crippen molar-refractivity contribution in [3.63, 3.8) is 0 Å². The van der Waals surface area contributed by atoms with Gasteiger partial charge in [0.15, 0.2) is 0 Å². The smallest absolute Gasteiger partial charge is 0.0216 e. The zero-order valence-corrected chi connectivity index (χ0v) is 5.35. The van der Waals surface area contributed by atoms with Crippen molar-refractivity contribution < 1.29 is 0 Å². The summed E-state index contributed by atoms with van der Waals surface area (Å²) in [6, 6.07) is 0.924. The first kappa shape index (κ1) is 6.05. The minimum absolute atomic E-state index is 0.331. The molecular formula is C6H14N2. The fourth-order valence-corrected chi connectivity index (χ4v) is 1.16. The van der Waals surface area contributed by atoms with Crippen LogP contribution in [0.5, 0.6) is 0 Å². The lowest BCUT2D eigenvalue weighted by molar-refractivity contribution is 0.513. The van der Waals surface area contributed by atoms with Crippen molar-refractivity contribution in [2.75, 3.05) is 6.54 Å². The van der Waals surface area contributed by atoms with Crippen LogP contribution in [0.15, 0.2) is 0 Å². The van der Waals surface area contributed by atoms with Gasteiger partial charge in [0, 0.05) is 12.1 Å². The molecule has 0 aromatic carbocycles. The molecule has 48 valence electrons. The first-order valence-electron chi connectivity index (χ1n) is 3.29. The van der Waals surface area contributed by atoms with Crippen molar-refractivity contribution in [2.24, 2.45) is 5.73 Å². The predicted octanol–water partition coefficient (Wildman–Crippen LogP) is 0.0856. The Morgan fingerprint density at radius 2 is 2.50 bits per heavy atom. The minimum atomic E-state index is 0.331. The predicted molar refractivity (Wildman–Crippen MR) is 34.7 cm³/mol. The van der Waals surface area contributed by atoms with Gasteiger partial charge in [-0.15, -0.1) is 0 Å². The first-order valence-corrected chi connectivity index (χ1v) is 3.29. The summed E-state index contributed by atoms with van der Waals surface area (Å²) in [5.74, 6) is 0. The molecule has 1 rings (SSSR count). The number of rotatable bonds is 1. The number of nitrogens with one attached hydrogen (secondary N) is 1. The number of hydrogen-bond donors (Lipinski definition) is 2. The fourth-order valence-electron chi connectivity index (χ4n) is 1.16. The molecule has 0 radical (unpaired) electrons. The lowest BCUT2D eigenvalue weighted by Crippen LogP contribution is -2.38. The van der Waals surface area contributed by atoms with Crippen molar-refractivity contribution in [2.45, 2.75) is 31.8 Å². The molecule has 0 aromatic rings. The van der Waals surface area contributed by atoms with Crippen LogP contribution in [0.2, 0.25) is 0 Å². The van der Waals surface area contributed by atoms with Gasteiger partial charge in [-0.05, 0) is 26.3 Å². The van der Waals surface area contributed by atoms with E-state index in [1.165, 1.54) is 12.8 Å². The molecule has 0 aromatic heterocycles. The molecule has 1 saturated heterocycles. The Kier molecular flexibility index (Phi) is 1.86. The molecule has 2 heteroatoms. The topological polar surface area (TPSA) is 38.0 Å². The van der Waals surface area contributed by atoms with Gasteiger partial charge in [0.2, 0.25) is 0 Å². The van der Waals surface area contributed by atoms with E-state index in [0.29, 0.717) is 12.1 Å². The van der Waals surface area contributed by atoms with Crippen LogP contribution < -0.4 is 11.1 Å². The van der Waals surface area contributed by atoms with Crippen LogP contribution in [-0.4, -0.2) is 18.6 Å². The normalized spacial score (nSPS) is 33.0. The van der Waals surface area contributed by atoms with Crippen LogP contribution in [-0.2, 0) is 0 Å². The molecule has 3 N–H and O–H groups in total. The molecule has 1 aliphatic heterocycles. The summed E-state index contributed by atoms with van der Waals surface area (Å²) in [6.07, 6.45) is 2.56. The molecule has 1 fully saturated rings. The molecular weight excluding hydrogens is 100 g/mol. The van der Waals surface area contributed by atoms with E-state index in [4.69, 9.17) is 5.73 Å². The maximum absolute atomic E-state index is 5.64. The highest BCUT2D eigenvalue weighted by molar-refractivity contribution is 4.80. The van der Waals surface area contributed by atoms with Crippen LogP contribution in [0.1, 0.15) is 19.8 Å². The summed E-state index contributed by atoms with van der Waals surface area (Å²) in [7, 11) is 0. The number of hydrogen-bond acceptors (Lipinski definition) is 2. The lowest BCUT2D eigenvalue weighted by Gasteiger charge is -2.12. The molecule has 1 aliphatic rings. The molecule has 1 heterocycles. The SMILES string of the molecule is C[C@@H](N)C1CCCN1. The Hall–Kier alpha value is -0.0800. The van der Waals surface area contributed by atoms with Crippen molar-refractivity contribution in [3.05, 3.63) is 0 Å². The maximum Gasteiger partial charge on any atom is 0.0216 e. The summed E-state index contributed by atoms with van der Waals surface area (Å²) in [5.41, 5.74) is 5.64. The van der Waals surface area contributed by atoms with Gasteiger partial charge < -0.3 is 11.1 Å². The summed E-state index contributed by atoms with van der Waals surface area (Å²) in [5, 5.41) is 3.33. The van der Waals surface area contributed by atoms with Crippen LogP contribution in [0.25, 0.3) is 0 Å². The van der Waals surface area contributed by atoms with E-state index < -0.39 is 0 Å². The van der Waals surface area contributed by atoms with Gasteiger partial charge in [-0.1, -0.05) is 0 Å². The molecule has 2 nitrogen and oxygen atoms in total. The summed E-state index contributed by atoms with van der Waals surface area (Å²) < 4.78 is 0. The van der Waals surface area contributed by atoms with Crippen LogP contribution >= 0.6 is 0 Å². The second-order valence-corrected chi connectivity index (χ2v) is 2.56. The van der Waals surface area contributed by atoms with E-state index in [-0.39, 0.29) is 0 Å². The minimum Gasteiger partial charge on any atom is -0.327 e. The molecule has 1 unspecified atom stereocenters. The molecule has 8 heavy (non-hydrogen) atoms. The Labute approximate surface area is 50.4 Å². The monoisotopic (exact) mass is 114 g/mol. The van der Waals surface area contributed by atoms with Gasteiger partial charge in [0.05, 0.1) is 0 Å². The average molecular weight is 114 g/mol. The van der Waals surface area contributed by atoms with E-state index >= 15 is 0 Å². The third-order valence-corrected chi connectivity index (χ3v) is 1.73. The standard InChI is InChI=1S/C6H14N2/c1-5(7)6-3-2-4-8-6/h5-6,8H,2-4,7H2,1H3/t5-,6?/m1/s1. The lowest BCUT2D eigenvalue weighted by atomic mass is 10.1. The van der Waals surface area contributed by atoms with Crippen molar-refractivity contribution in [3.8, 4) is 0 Å². The van der Waals surface area contributed by atoms with Gasteiger partial charge in [0.1, 0.15) is 0 Å². The van der Waals surface area contributed by atoms with Gasteiger partial charge in [-0.3, -0.25) is 0 Å². The molecule has 0 aliphatic carbocycles. The average Bonchev–Trinajstić information content (AvgIpc) is 2.12. The second-order valence-electron chi connectivity index (χ2n) is 2.56.